The normalized spacial score (nSPS) is 11.7. The monoisotopic (exact) mass is 295 g/mol. The van der Waals surface area contributed by atoms with E-state index >= 15 is 0 Å². The minimum Gasteiger partial charge on any atom is -0.496 e. The van der Waals surface area contributed by atoms with Gasteiger partial charge in [0.2, 0.25) is 0 Å². The fourth-order valence-electron chi connectivity index (χ4n) is 2.38. The average Bonchev–Trinajstić information content (AvgIpc) is 2.59. The number of benzene rings is 2. The second-order valence-corrected chi connectivity index (χ2v) is 4.97. The second-order valence-electron chi connectivity index (χ2n) is 4.97. The van der Waals surface area contributed by atoms with Crippen molar-refractivity contribution in [2.75, 3.05) is 13.7 Å². The molecule has 2 aromatic rings. The van der Waals surface area contributed by atoms with Gasteiger partial charge in [0.1, 0.15) is 5.76 Å². The molecule has 0 amide bonds. The van der Waals surface area contributed by atoms with E-state index in [2.05, 4.69) is 0 Å². The molecule has 0 fully saturated rings. The van der Waals surface area contributed by atoms with Gasteiger partial charge in [-0.1, -0.05) is 60.7 Å². The summed E-state index contributed by atoms with van der Waals surface area (Å²) in [6.07, 6.45) is 1.34. The van der Waals surface area contributed by atoms with Gasteiger partial charge in [-0.05, 0) is 19.4 Å². The first-order valence-corrected chi connectivity index (χ1v) is 7.40. The van der Waals surface area contributed by atoms with Crippen LogP contribution in [0.4, 0.5) is 0 Å². The summed E-state index contributed by atoms with van der Waals surface area (Å²) in [5.41, 5.74) is 7.86. The first-order valence-electron chi connectivity index (χ1n) is 7.40. The quantitative estimate of drug-likeness (QED) is 0.482. The number of rotatable bonds is 7. The first kappa shape index (κ1) is 16.0. The molecule has 0 aromatic heterocycles. The predicted octanol–water partition coefficient (Wildman–Crippen LogP) is 3.67. The third-order valence-electron chi connectivity index (χ3n) is 3.46. The Kier molecular flexibility index (Phi) is 5.92. The lowest BCUT2D eigenvalue weighted by atomic mass is 9.95. The van der Waals surface area contributed by atoms with E-state index in [4.69, 9.17) is 10.5 Å². The number of ether oxygens (including phenoxy) is 1. The molecule has 114 valence electrons. The van der Waals surface area contributed by atoms with Crippen LogP contribution >= 0.6 is 0 Å². The van der Waals surface area contributed by atoms with E-state index in [0.717, 1.165) is 12.0 Å². The van der Waals surface area contributed by atoms with Crippen molar-refractivity contribution >= 4 is 11.5 Å². The van der Waals surface area contributed by atoms with Gasteiger partial charge in [-0.25, -0.2) is 0 Å². The average molecular weight is 295 g/mol. The van der Waals surface area contributed by atoms with Gasteiger partial charge in [0, 0.05) is 16.7 Å². The number of Topliss-reactive ketones (excluding diaryl/α,β-unsaturated/α-hetero) is 1. The van der Waals surface area contributed by atoms with Crippen molar-refractivity contribution in [2.45, 2.75) is 12.8 Å². The van der Waals surface area contributed by atoms with Crippen molar-refractivity contribution in [2.24, 2.45) is 5.73 Å². The molecule has 2 aromatic carbocycles. The molecule has 0 aliphatic rings. The van der Waals surface area contributed by atoms with Gasteiger partial charge in [0.25, 0.3) is 0 Å². The van der Waals surface area contributed by atoms with Gasteiger partial charge in [-0.2, -0.15) is 0 Å². The largest absolute Gasteiger partial charge is 0.496 e. The first-order chi connectivity index (χ1) is 10.8. The summed E-state index contributed by atoms with van der Waals surface area (Å²) in [6.45, 7) is 0.539. The van der Waals surface area contributed by atoms with Crippen LogP contribution in [-0.2, 0) is 4.74 Å². The topological polar surface area (TPSA) is 52.3 Å². The Balaban J connectivity index is 2.47. The van der Waals surface area contributed by atoms with Crippen LogP contribution in [0, 0.1) is 0 Å². The molecule has 2 rings (SSSR count). The second kappa shape index (κ2) is 8.15. The minimum absolute atomic E-state index is 0.00486. The van der Waals surface area contributed by atoms with E-state index in [1.165, 1.54) is 0 Å². The number of carbonyl (C=O) groups excluding carboxylic acids is 1. The third-order valence-corrected chi connectivity index (χ3v) is 3.46. The Hall–Kier alpha value is -2.39. The molecular formula is C19H21NO2. The van der Waals surface area contributed by atoms with Gasteiger partial charge in [-0.15, -0.1) is 0 Å². The van der Waals surface area contributed by atoms with Gasteiger partial charge in [0.05, 0.1) is 7.11 Å². The van der Waals surface area contributed by atoms with Crippen molar-refractivity contribution in [3.63, 3.8) is 0 Å². The number of allylic oxidation sites excluding steroid dienone is 1. The molecular weight excluding hydrogens is 274 g/mol. The van der Waals surface area contributed by atoms with E-state index in [9.17, 15) is 4.79 Å². The van der Waals surface area contributed by atoms with Crippen LogP contribution in [0.1, 0.15) is 28.8 Å². The molecule has 0 heterocycles. The Morgan fingerprint density at radius 2 is 1.50 bits per heavy atom. The molecule has 0 aliphatic carbocycles. The van der Waals surface area contributed by atoms with Crippen molar-refractivity contribution in [1.82, 2.24) is 0 Å². The molecule has 0 aliphatic heterocycles. The van der Waals surface area contributed by atoms with E-state index in [0.29, 0.717) is 29.9 Å². The molecule has 0 atom stereocenters. The molecule has 3 heteroatoms. The summed E-state index contributed by atoms with van der Waals surface area (Å²) in [5, 5.41) is 0. The smallest absolute Gasteiger partial charge is 0.192 e. The molecule has 0 unspecified atom stereocenters. The minimum atomic E-state index is -0.00486. The maximum absolute atomic E-state index is 12.8. The lowest BCUT2D eigenvalue weighted by Crippen LogP contribution is -2.10. The summed E-state index contributed by atoms with van der Waals surface area (Å²) in [6, 6.07) is 19.0. The number of hydrogen-bond acceptors (Lipinski definition) is 3. The zero-order chi connectivity index (χ0) is 15.8. The van der Waals surface area contributed by atoms with Crippen LogP contribution in [0.15, 0.2) is 66.2 Å². The molecule has 2 N–H and O–H groups in total. The van der Waals surface area contributed by atoms with E-state index in [1.54, 1.807) is 7.11 Å². The lowest BCUT2D eigenvalue weighted by Gasteiger charge is -2.14. The zero-order valence-corrected chi connectivity index (χ0v) is 12.8. The molecule has 3 nitrogen and oxygen atoms in total. The van der Waals surface area contributed by atoms with Crippen molar-refractivity contribution < 1.29 is 9.53 Å². The summed E-state index contributed by atoms with van der Waals surface area (Å²) in [5.74, 6) is 0.623. The highest BCUT2D eigenvalue weighted by atomic mass is 16.5. The van der Waals surface area contributed by atoms with Crippen LogP contribution in [0.2, 0.25) is 0 Å². The molecule has 0 saturated heterocycles. The van der Waals surface area contributed by atoms with Crippen LogP contribution < -0.4 is 5.73 Å². The fourth-order valence-corrected chi connectivity index (χ4v) is 2.38. The highest BCUT2D eigenvalue weighted by molar-refractivity contribution is 6.12. The SMILES string of the molecule is COC(=C(CCCN)C(=O)c1ccccc1)c1ccccc1. The van der Waals surface area contributed by atoms with Crippen molar-refractivity contribution in [3.8, 4) is 0 Å². The Labute approximate surface area is 131 Å². The maximum Gasteiger partial charge on any atom is 0.192 e. The summed E-state index contributed by atoms with van der Waals surface area (Å²) in [4.78, 5) is 12.8. The number of nitrogens with two attached hydrogens (primary N) is 1. The highest BCUT2D eigenvalue weighted by Crippen LogP contribution is 2.25. The predicted molar refractivity (Wildman–Crippen MR) is 89.4 cm³/mol. The molecule has 0 radical (unpaired) electrons. The van der Waals surface area contributed by atoms with Crippen molar-refractivity contribution in [1.29, 1.82) is 0 Å². The molecule has 22 heavy (non-hydrogen) atoms. The van der Waals surface area contributed by atoms with Gasteiger partial charge in [-0.3, -0.25) is 4.79 Å². The van der Waals surface area contributed by atoms with E-state index < -0.39 is 0 Å². The fraction of sp³-hybridized carbons (Fsp3) is 0.211. The molecule has 0 spiro atoms. The molecule has 0 saturated carbocycles. The van der Waals surface area contributed by atoms with Gasteiger partial charge >= 0.3 is 0 Å². The number of carbonyl (C=O) groups is 1. The Morgan fingerprint density at radius 3 is 2.00 bits per heavy atom. The lowest BCUT2D eigenvalue weighted by molar-refractivity contribution is 0.102. The van der Waals surface area contributed by atoms with Crippen LogP contribution in [0.3, 0.4) is 0 Å². The third kappa shape index (κ3) is 3.83. The van der Waals surface area contributed by atoms with Crippen LogP contribution in [0.5, 0.6) is 0 Å². The summed E-state index contributed by atoms with van der Waals surface area (Å²) in [7, 11) is 1.60. The Morgan fingerprint density at radius 1 is 0.955 bits per heavy atom. The van der Waals surface area contributed by atoms with E-state index in [-0.39, 0.29) is 5.78 Å². The summed E-state index contributed by atoms with van der Waals surface area (Å²) < 4.78 is 5.56. The zero-order valence-electron chi connectivity index (χ0n) is 12.8. The standard InChI is InChI=1S/C19H21NO2/c1-22-19(16-11-6-3-7-12-16)17(13-8-14-20)18(21)15-9-4-2-5-10-15/h2-7,9-12H,8,13-14,20H2,1H3. The van der Waals surface area contributed by atoms with Crippen LogP contribution in [0.25, 0.3) is 5.76 Å². The maximum atomic E-state index is 12.8. The number of methoxy groups -OCH3 is 1. The van der Waals surface area contributed by atoms with Crippen LogP contribution in [-0.4, -0.2) is 19.4 Å². The highest BCUT2D eigenvalue weighted by Gasteiger charge is 2.18. The Bertz CT molecular complexity index is 633. The number of ketones is 1. The van der Waals surface area contributed by atoms with Crippen molar-refractivity contribution in [3.05, 3.63) is 77.4 Å². The van der Waals surface area contributed by atoms with Gasteiger partial charge in [0.15, 0.2) is 5.78 Å². The molecule has 0 bridgehead atoms. The van der Waals surface area contributed by atoms with E-state index in [1.807, 2.05) is 60.7 Å². The summed E-state index contributed by atoms with van der Waals surface area (Å²) >= 11 is 0. The number of hydrogen-bond donors (Lipinski definition) is 1. The van der Waals surface area contributed by atoms with Gasteiger partial charge < -0.3 is 10.5 Å².